The van der Waals surface area contributed by atoms with E-state index in [1.54, 1.807) is 6.21 Å². The number of hydrogen-bond acceptors (Lipinski definition) is 4. The van der Waals surface area contributed by atoms with E-state index >= 15 is 0 Å². The van der Waals surface area contributed by atoms with Crippen LogP contribution < -0.4 is 4.74 Å². The smallest absolute Gasteiger partial charge is 0.254 e. The fraction of sp³-hybridized carbons (Fsp3) is 0.292. The number of hydrazone groups is 1. The molecular formula is C24H21BrN2O3. The van der Waals surface area contributed by atoms with Crippen LogP contribution in [-0.4, -0.2) is 23.0 Å². The van der Waals surface area contributed by atoms with Crippen molar-refractivity contribution in [3.8, 4) is 5.75 Å². The summed E-state index contributed by atoms with van der Waals surface area (Å²) in [6.45, 7) is 0.483. The summed E-state index contributed by atoms with van der Waals surface area (Å²) in [6, 6.07) is 15.4. The summed E-state index contributed by atoms with van der Waals surface area (Å²) in [5, 5.41) is 5.33. The molecule has 2 aromatic rings. The number of benzene rings is 2. The van der Waals surface area contributed by atoms with Crippen molar-refractivity contribution in [2.24, 2.45) is 28.8 Å². The quantitative estimate of drug-likeness (QED) is 0.370. The maximum absolute atomic E-state index is 12.8. The molecule has 0 spiro atoms. The van der Waals surface area contributed by atoms with Gasteiger partial charge in [-0.1, -0.05) is 40.2 Å². The molecule has 30 heavy (non-hydrogen) atoms. The summed E-state index contributed by atoms with van der Waals surface area (Å²) in [4.78, 5) is 25.6. The van der Waals surface area contributed by atoms with Crippen LogP contribution in [0.5, 0.6) is 5.75 Å². The van der Waals surface area contributed by atoms with Gasteiger partial charge in [0, 0.05) is 4.47 Å². The minimum absolute atomic E-state index is 0.158. The molecule has 6 rings (SSSR count). The zero-order valence-corrected chi connectivity index (χ0v) is 17.9. The van der Waals surface area contributed by atoms with Crippen molar-refractivity contribution in [2.75, 3.05) is 0 Å². The predicted molar refractivity (Wildman–Crippen MR) is 117 cm³/mol. The van der Waals surface area contributed by atoms with Crippen molar-refractivity contribution in [1.82, 2.24) is 5.01 Å². The monoisotopic (exact) mass is 464 g/mol. The molecule has 0 aromatic heterocycles. The fourth-order valence-corrected chi connectivity index (χ4v) is 4.96. The average molecular weight is 465 g/mol. The molecule has 3 aliphatic carbocycles. The summed E-state index contributed by atoms with van der Waals surface area (Å²) in [5.41, 5.74) is 1.89. The van der Waals surface area contributed by atoms with Crippen LogP contribution in [0.2, 0.25) is 0 Å². The molecule has 0 radical (unpaired) electrons. The number of carbonyl (C=O) groups is 2. The van der Waals surface area contributed by atoms with E-state index in [1.165, 1.54) is 0 Å². The molecule has 2 aromatic carbocycles. The number of halogens is 1. The molecule has 0 unspecified atom stereocenters. The molecule has 0 N–H and O–H groups in total. The zero-order valence-electron chi connectivity index (χ0n) is 16.3. The maximum Gasteiger partial charge on any atom is 0.254 e. The van der Waals surface area contributed by atoms with Gasteiger partial charge in [-0.15, -0.1) is 0 Å². The molecule has 1 aliphatic heterocycles. The molecule has 4 atom stereocenters. The number of allylic oxidation sites excluding steroid dienone is 2. The molecule has 5 nitrogen and oxygen atoms in total. The lowest BCUT2D eigenvalue weighted by Gasteiger charge is -2.37. The highest BCUT2D eigenvalue weighted by atomic mass is 79.9. The van der Waals surface area contributed by atoms with Crippen molar-refractivity contribution >= 4 is 34.0 Å². The van der Waals surface area contributed by atoms with Gasteiger partial charge in [0.25, 0.3) is 11.8 Å². The zero-order chi connectivity index (χ0) is 20.7. The standard InChI is InChI=1S/C24H21BrN2O3/c25-19-9-1-16(2-10-19)14-30-20-11-3-15(4-12-20)13-26-27-23(28)21-17-5-6-18(8-7-17)22(21)24(27)29/h1-6,9-13,17-18,21-22H,7-8,14H2/b26-13-/t17-,18-,21-,22-/m1/s1. The van der Waals surface area contributed by atoms with Crippen LogP contribution in [-0.2, 0) is 16.2 Å². The highest BCUT2D eigenvalue weighted by Crippen LogP contribution is 2.49. The predicted octanol–water partition coefficient (Wildman–Crippen LogP) is 4.56. The highest BCUT2D eigenvalue weighted by molar-refractivity contribution is 9.10. The Kier molecular flexibility index (Phi) is 5.03. The Labute approximate surface area is 183 Å². The van der Waals surface area contributed by atoms with Gasteiger partial charge in [-0.25, -0.2) is 0 Å². The van der Waals surface area contributed by atoms with Gasteiger partial charge >= 0.3 is 0 Å². The number of nitrogens with zero attached hydrogens (tertiary/aromatic N) is 2. The summed E-state index contributed by atoms with van der Waals surface area (Å²) >= 11 is 3.42. The SMILES string of the molecule is O=C1[C@H]2[C@H](C(=O)N1/N=C\c1ccc(OCc3ccc(Br)cc3)cc1)[C@@H]1C=C[C@@H]2CC1. The lowest BCUT2D eigenvalue weighted by atomic mass is 9.63. The molecule has 2 amide bonds. The maximum atomic E-state index is 12.8. The minimum Gasteiger partial charge on any atom is -0.489 e. The number of amides is 2. The third-order valence-electron chi connectivity index (χ3n) is 6.26. The Hall–Kier alpha value is -2.73. The van der Waals surface area contributed by atoms with Gasteiger partial charge in [0.05, 0.1) is 18.1 Å². The summed E-state index contributed by atoms with van der Waals surface area (Å²) in [6.07, 6.45) is 7.77. The van der Waals surface area contributed by atoms with E-state index in [0.717, 1.165) is 39.2 Å². The molecule has 4 aliphatic rings. The Morgan fingerprint density at radius 1 is 0.933 bits per heavy atom. The van der Waals surface area contributed by atoms with Crippen molar-refractivity contribution < 1.29 is 14.3 Å². The van der Waals surface area contributed by atoms with E-state index in [-0.39, 0.29) is 35.5 Å². The van der Waals surface area contributed by atoms with Crippen LogP contribution in [0.1, 0.15) is 24.0 Å². The van der Waals surface area contributed by atoms with Crippen LogP contribution in [0.15, 0.2) is 70.3 Å². The van der Waals surface area contributed by atoms with Gasteiger partial charge in [-0.05, 0) is 72.2 Å². The van der Waals surface area contributed by atoms with E-state index in [9.17, 15) is 9.59 Å². The van der Waals surface area contributed by atoms with Gasteiger partial charge in [0.15, 0.2) is 0 Å². The van der Waals surface area contributed by atoms with E-state index in [1.807, 2.05) is 48.5 Å². The molecule has 6 heteroatoms. The number of rotatable bonds is 5. The van der Waals surface area contributed by atoms with Crippen molar-refractivity contribution in [2.45, 2.75) is 19.4 Å². The lowest BCUT2D eigenvalue weighted by molar-refractivity contribution is -0.140. The molecule has 1 saturated heterocycles. The second-order valence-corrected chi connectivity index (χ2v) is 8.97. The third-order valence-corrected chi connectivity index (χ3v) is 6.79. The lowest BCUT2D eigenvalue weighted by Crippen LogP contribution is -2.38. The van der Waals surface area contributed by atoms with Gasteiger partial charge in [0.1, 0.15) is 12.4 Å². The van der Waals surface area contributed by atoms with E-state index in [2.05, 4.69) is 33.2 Å². The summed E-state index contributed by atoms with van der Waals surface area (Å²) in [5.74, 6) is 0.333. The van der Waals surface area contributed by atoms with Crippen molar-refractivity contribution in [3.63, 3.8) is 0 Å². The van der Waals surface area contributed by atoms with E-state index < -0.39 is 0 Å². The Balaban J connectivity index is 1.23. The summed E-state index contributed by atoms with van der Waals surface area (Å²) < 4.78 is 6.84. The van der Waals surface area contributed by atoms with Crippen molar-refractivity contribution in [1.29, 1.82) is 0 Å². The van der Waals surface area contributed by atoms with Crippen LogP contribution in [0.25, 0.3) is 0 Å². The van der Waals surface area contributed by atoms with Crippen LogP contribution in [0.4, 0.5) is 0 Å². The highest BCUT2D eigenvalue weighted by Gasteiger charge is 2.56. The van der Waals surface area contributed by atoms with E-state index in [0.29, 0.717) is 6.61 Å². The number of ether oxygens (including phenoxy) is 1. The second kappa shape index (κ2) is 7.84. The second-order valence-electron chi connectivity index (χ2n) is 8.06. The first kappa shape index (κ1) is 19.2. The van der Waals surface area contributed by atoms with E-state index in [4.69, 9.17) is 4.74 Å². The van der Waals surface area contributed by atoms with Gasteiger partial charge in [0.2, 0.25) is 0 Å². The Morgan fingerprint density at radius 2 is 1.53 bits per heavy atom. The number of fused-ring (bicyclic) bond motifs is 1. The van der Waals surface area contributed by atoms with Crippen molar-refractivity contribution in [3.05, 3.63) is 76.3 Å². The van der Waals surface area contributed by atoms with Crippen LogP contribution in [0.3, 0.4) is 0 Å². The van der Waals surface area contributed by atoms with Crippen LogP contribution >= 0.6 is 15.9 Å². The minimum atomic E-state index is -0.229. The average Bonchev–Trinajstić information content (AvgIpc) is 3.05. The first-order chi connectivity index (χ1) is 14.6. The molecule has 1 heterocycles. The molecular weight excluding hydrogens is 444 g/mol. The molecule has 152 valence electrons. The molecule has 2 fully saturated rings. The molecule has 1 saturated carbocycles. The topological polar surface area (TPSA) is 59.0 Å². The largest absolute Gasteiger partial charge is 0.489 e. The van der Waals surface area contributed by atoms with Gasteiger partial charge < -0.3 is 4.74 Å². The first-order valence-corrected chi connectivity index (χ1v) is 11.0. The fourth-order valence-electron chi connectivity index (χ4n) is 4.69. The normalized spacial score (nSPS) is 27.2. The number of imide groups is 1. The number of carbonyl (C=O) groups excluding carboxylic acids is 2. The Morgan fingerprint density at radius 3 is 2.10 bits per heavy atom. The summed E-state index contributed by atoms with van der Waals surface area (Å²) in [7, 11) is 0. The third kappa shape index (κ3) is 3.49. The van der Waals surface area contributed by atoms with Gasteiger partial charge in [-0.2, -0.15) is 10.1 Å². The number of hydrogen-bond donors (Lipinski definition) is 0. The van der Waals surface area contributed by atoms with Crippen LogP contribution in [0, 0.1) is 23.7 Å². The van der Waals surface area contributed by atoms with Gasteiger partial charge in [-0.3, -0.25) is 9.59 Å². The molecule has 2 bridgehead atoms. The Bertz CT molecular complexity index is 997. The first-order valence-electron chi connectivity index (χ1n) is 10.2.